The van der Waals surface area contributed by atoms with E-state index in [0.717, 1.165) is 0 Å². The molecule has 0 N–H and O–H groups in total. The molecule has 1 rings (SSSR count). The first-order chi connectivity index (χ1) is 5.33. The highest BCUT2D eigenvalue weighted by Gasteiger charge is 1.96. The molecule has 62 valence electrons. The Hall–Kier alpha value is -1.10. The zero-order chi connectivity index (χ0) is 8.10. The van der Waals surface area contributed by atoms with Gasteiger partial charge in [0.2, 0.25) is 0 Å². The molecule has 0 aliphatic carbocycles. The molecule has 0 spiro atoms. The molecular weight excluding hydrogens is 146 g/mol. The van der Waals surface area contributed by atoms with Gasteiger partial charge in [-0.05, 0) is 0 Å². The maximum atomic E-state index is 5.10. The van der Waals surface area contributed by atoms with Crippen LogP contribution in [0.1, 0.15) is 0 Å². The van der Waals surface area contributed by atoms with Crippen LogP contribution in [-0.4, -0.2) is 35.1 Å². The highest BCUT2D eigenvalue weighted by Crippen LogP contribution is 1.96. The number of aryl methyl sites for hydroxylation is 1. The molecule has 0 saturated carbocycles. The van der Waals surface area contributed by atoms with E-state index in [1.54, 1.807) is 25.2 Å². The van der Waals surface area contributed by atoms with Crippen LogP contribution in [0, 0.1) is 0 Å². The van der Waals surface area contributed by atoms with Gasteiger partial charge >= 0.3 is 6.01 Å². The molecule has 0 saturated heterocycles. The predicted octanol–water partition coefficient (Wildman–Crippen LogP) is -0.160. The van der Waals surface area contributed by atoms with Crippen molar-refractivity contribution in [2.75, 3.05) is 20.3 Å². The molecule has 0 fully saturated rings. The van der Waals surface area contributed by atoms with Crippen LogP contribution in [0.3, 0.4) is 0 Å². The smallest absolute Gasteiger partial charge is 0.335 e. The van der Waals surface area contributed by atoms with Gasteiger partial charge in [-0.3, -0.25) is 4.68 Å². The third-order valence-electron chi connectivity index (χ3n) is 1.10. The fraction of sp³-hybridized carbons (Fsp3) is 0.667. The van der Waals surface area contributed by atoms with Crippen LogP contribution in [0.2, 0.25) is 0 Å². The number of aromatic nitrogens is 3. The molecule has 1 aromatic rings. The van der Waals surface area contributed by atoms with E-state index >= 15 is 0 Å². The van der Waals surface area contributed by atoms with Crippen molar-refractivity contribution in [2.24, 2.45) is 7.05 Å². The Morgan fingerprint density at radius 3 is 2.91 bits per heavy atom. The molecule has 0 atom stereocenters. The third kappa shape index (κ3) is 2.55. The van der Waals surface area contributed by atoms with Gasteiger partial charge in [0.05, 0.1) is 6.61 Å². The summed E-state index contributed by atoms with van der Waals surface area (Å²) in [5.74, 6) is 0. The van der Waals surface area contributed by atoms with Gasteiger partial charge in [0.25, 0.3) is 0 Å². The molecular formula is C6H11N3O2. The summed E-state index contributed by atoms with van der Waals surface area (Å²) >= 11 is 0. The molecule has 1 aromatic heterocycles. The topological polar surface area (TPSA) is 49.2 Å². The summed E-state index contributed by atoms with van der Waals surface area (Å²) in [6.45, 7) is 1.04. The van der Waals surface area contributed by atoms with Crippen molar-refractivity contribution in [1.82, 2.24) is 14.8 Å². The lowest BCUT2D eigenvalue weighted by molar-refractivity contribution is 0.140. The molecule has 11 heavy (non-hydrogen) atoms. The molecule has 0 bridgehead atoms. The Balaban J connectivity index is 2.27. The second kappa shape index (κ2) is 3.92. The van der Waals surface area contributed by atoms with Crippen molar-refractivity contribution >= 4 is 0 Å². The predicted molar refractivity (Wildman–Crippen MR) is 38.4 cm³/mol. The van der Waals surface area contributed by atoms with Gasteiger partial charge in [-0.1, -0.05) is 0 Å². The van der Waals surface area contributed by atoms with Crippen LogP contribution in [0.15, 0.2) is 6.33 Å². The lowest BCUT2D eigenvalue weighted by atomic mass is 10.8. The number of hydrogen-bond acceptors (Lipinski definition) is 4. The van der Waals surface area contributed by atoms with Crippen molar-refractivity contribution in [3.63, 3.8) is 0 Å². The Kier molecular flexibility index (Phi) is 2.85. The van der Waals surface area contributed by atoms with Crippen LogP contribution in [0.4, 0.5) is 0 Å². The first kappa shape index (κ1) is 8.00. The van der Waals surface area contributed by atoms with Gasteiger partial charge in [0.15, 0.2) is 0 Å². The lowest BCUT2D eigenvalue weighted by Crippen LogP contribution is -2.05. The molecule has 5 nitrogen and oxygen atoms in total. The van der Waals surface area contributed by atoms with Crippen LogP contribution in [-0.2, 0) is 11.8 Å². The van der Waals surface area contributed by atoms with E-state index in [9.17, 15) is 0 Å². The number of hydrogen-bond donors (Lipinski definition) is 0. The van der Waals surface area contributed by atoms with E-state index in [-0.39, 0.29) is 0 Å². The van der Waals surface area contributed by atoms with Gasteiger partial charge in [-0.25, -0.2) is 0 Å². The fourth-order valence-electron chi connectivity index (χ4n) is 0.602. The Bertz CT molecular complexity index is 211. The van der Waals surface area contributed by atoms with Crippen molar-refractivity contribution in [3.05, 3.63) is 6.33 Å². The van der Waals surface area contributed by atoms with Crippen molar-refractivity contribution in [1.29, 1.82) is 0 Å². The van der Waals surface area contributed by atoms with E-state index in [4.69, 9.17) is 9.47 Å². The second-order valence-electron chi connectivity index (χ2n) is 2.04. The molecule has 0 aliphatic heterocycles. The Morgan fingerprint density at radius 2 is 2.36 bits per heavy atom. The van der Waals surface area contributed by atoms with Gasteiger partial charge in [0, 0.05) is 14.2 Å². The number of rotatable bonds is 4. The zero-order valence-corrected chi connectivity index (χ0v) is 6.65. The monoisotopic (exact) mass is 157 g/mol. The minimum atomic E-state index is 0.393. The van der Waals surface area contributed by atoms with Crippen LogP contribution in [0.5, 0.6) is 6.01 Å². The highest BCUT2D eigenvalue weighted by atomic mass is 16.5. The summed E-state index contributed by atoms with van der Waals surface area (Å²) < 4.78 is 11.5. The first-order valence-electron chi connectivity index (χ1n) is 3.30. The Labute approximate surface area is 64.9 Å². The third-order valence-corrected chi connectivity index (χ3v) is 1.10. The van der Waals surface area contributed by atoms with Crippen LogP contribution >= 0.6 is 0 Å². The van der Waals surface area contributed by atoms with Crippen LogP contribution < -0.4 is 4.74 Å². The van der Waals surface area contributed by atoms with Crippen molar-refractivity contribution < 1.29 is 9.47 Å². The largest absolute Gasteiger partial charge is 0.460 e. The summed E-state index contributed by atoms with van der Waals surface area (Å²) in [7, 11) is 3.41. The van der Waals surface area contributed by atoms with Gasteiger partial charge in [-0.15, -0.1) is 5.10 Å². The number of nitrogens with zero attached hydrogens (tertiary/aromatic N) is 3. The van der Waals surface area contributed by atoms with Crippen molar-refractivity contribution in [2.45, 2.75) is 0 Å². The van der Waals surface area contributed by atoms with E-state index in [1.165, 1.54) is 0 Å². The summed E-state index contributed by atoms with van der Waals surface area (Å²) in [4.78, 5) is 3.86. The number of methoxy groups -OCH3 is 1. The minimum Gasteiger partial charge on any atom is -0.460 e. The average molecular weight is 157 g/mol. The lowest BCUT2D eigenvalue weighted by Gasteiger charge is -1.98. The number of ether oxygens (including phenoxy) is 2. The van der Waals surface area contributed by atoms with E-state index in [0.29, 0.717) is 19.2 Å². The zero-order valence-electron chi connectivity index (χ0n) is 6.65. The van der Waals surface area contributed by atoms with Crippen LogP contribution in [0.25, 0.3) is 0 Å². The summed E-state index contributed by atoms with van der Waals surface area (Å²) in [6, 6.07) is 0.393. The molecule has 5 heteroatoms. The average Bonchev–Trinajstić information content (AvgIpc) is 2.37. The maximum absolute atomic E-state index is 5.10. The molecule has 0 aromatic carbocycles. The minimum absolute atomic E-state index is 0.393. The second-order valence-corrected chi connectivity index (χ2v) is 2.04. The molecule has 0 radical (unpaired) electrons. The standard InChI is InChI=1S/C6H11N3O2/c1-9-5-7-6(8-9)11-4-3-10-2/h5H,3-4H2,1-2H3. The normalized spacial score (nSPS) is 10.0. The van der Waals surface area contributed by atoms with Gasteiger partial charge in [0.1, 0.15) is 12.9 Å². The first-order valence-corrected chi connectivity index (χ1v) is 3.30. The molecule has 0 aliphatic rings. The van der Waals surface area contributed by atoms with E-state index < -0.39 is 0 Å². The molecule has 0 unspecified atom stereocenters. The van der Waals surface area contributed by atoms with Gasteiger partial charge < -0.3 is 9.47 Å². The molecule has 0 amide bonds. The Morgan fingerprint density at radius 1 is 1.55 bits per heavy atom. The maximum Gasteiger partial charge on any atom is 0.335 e. The SMILES string of the molecule is COCCOc1ncn(C)n1. The summed E-state index contributed by atoms with van der Waals surface area (Å²) in [6.07, 6.45) is 1.59. The quantitative estimate of drug-likeness (QED) is 0.570. The van der Waals surface area contributed by atoms with Crippen molar-refractivity contribution in [3.8, 4) is 6.01 Å². The highest BCUT2D eigenvalue weighted by molar-refractivity contribution is 4.86. The van der Waals surface area contributed by atoms with Gasteiger partial charge in [-0.2, -0.15) is 4.98 Å². The van der Waals surface area contributed by atoms with E-state index in [2.05, 4.69) is 10.1 Å². The fourth-order valence-corrected chi connectivity index (χ4v) is 0.602. The molecule has 1 heterocycles. The van der Waals surface area contributed by atoms with E-state index in [1.807, 2.05) is 0 Å². The summed E-state index contributed by atoms with van der Waals surface area (Å²) in [5, 5.41) is 3.91. The summed E-state index contributed by atoms with van der Waals surface area (Å²) in [5.41, 5.74) is 0.